The summed E-state index contributed by atoms with van der Waals surface area (Å²) in [6, 6.07) is 8.77. The highest BCUT2D eigenvalue weighted by molar-refractivity contribution is 5.84. The summed E-state index contributed by atoms with van der Waals surface area (Å²) in [5.41, 5.74) is 3.07. The lowest BCUT2D eigenvalue weighted by Crippen LogP contribution is -2.42. The largest absolute Gasteiger partial charge is 0.379 e. The van der Waals surface area contributed by atoms with Crippen molar-refractivity contribution in [3.63, 3.8) is 0 Å². The molecule has 0 radical (unpaired) electrons. The van der Waals surface area contributed by atoms with Crippen LogP contribution in [0.4, 0.5) is 0 Å². The van der Waals surface area contributed by atoms with Crippen LogP contribution in [-0.2, 0) is 21.4 Å². The Labute approximate surface area is 144 Å². The van der Waals surface area contributed by atoms with Crippen molar-refractivity contribution in [2.24, 2.45) is 5.92 Å². The third-order valence-electron chi connectivity index (χ3n) is 6.23. The van der Waals surface area contributed by atoms with Gasteiger partial charge in [-0.05, 0) is 36.8 Å². The van der Waals surface area contributed by atoms with E-state index in [1.54, 1.807) is 0 Å². The van der Waals surface area contributed by atoms with Crippen LogP contribution in [0.15, 0.2) is 24.3 Å². The molecule has 1 aliphatic heterocycles. The van der Waals surface area contributed by atoms with Gasteiger partial charge in [-0.15, -0.1) is 0 Å². The summed E-state index contributed by atoms with van der Waals surface area (Å²) in [6.07, 6.45) is 4.62. The van der Waals surface area contributed by atoms with Crippen molar-refractivity contribution in [3.8, 4) is 0 Å². The molecule has 2 atom stereocenters. The molecule has 4 rings (SSSR count). The van der Waals surface area contributed by atoms with Crippen LogP contribution in [0, 0.1) is 5.92 Å². The summed E-state index contributed by atoms with van der Waals surface area (Å²) in [5.74, 6) is 0.550. The molecule has 1 heterocycles. The third kappa shape index (κ3) is 2.86. The number of amides is 1. The molecule has 1 saturated heterocycles. The van der Waals surface area contributed by atoms with E-state index in [4.69, 9.17) is 4.74 Å². The second-order valence-corrected chi connectivity index (χ2v) is 7.64. The maximum absolute atomic E-state index is 12.9. The molecule has 4 nitrogen and oxygen atoms in total. The van der Waals surface area contributed by atoms with Crippen LogP contribution in [0.25, 0.3) is 0 Å². The summed E-state index contributed by atoms with van der Waals surface area (Å²) in [5, 5.41) is 0. The van der Waals surface area contributed by atoms with Gasteiger partial charge in [0.25, 0.3) is 0 Å². The van der Waals surface area contributed by atoms with E-state index in [9.17, 15) is 4.79 Å². The van der Waals surface area contributed by atoms with Crippen LogP contribution in [-0.4, -0.2) is 62.1 Å². The summed E-state index contributed by atoms with van der Waals surface area (Å²) in [6.45, 7) is 5.40. The van der Waals surface area contributed by atoms with Crippen molar-refractivity contribution in [1.82, 2.24) is 9.80 Å². The quantitative estimate of drug-likeness (QED) is 0.848. The van der Waals surface area contributed by atoms with Crippen LogP contribution < -0.4 is 0 Å². The summed E-state index contributed by atoms with van der Waals surface area (Å²) in [7, 11) is 1.98. The van der Waals surface area contributed by atoms with Gasteiger partial charge in [0.15, 0.2) is 0 Å². The van der Waals surface area contributed by atoms with E-state index >= 15 is 0 Å². The number of carbonyl (C=O) groups excluding carboxylic acids is 1. The van der Waals surface area contributed by atoms with Crippen LogP contribution in [0.2, 0.25) is 0 Å². The second-order valence-electron chi connectivity index (χ2n) is 7.64. The highest BCUT2D eigenvalue weighted by atomic mass is 16.5. The molecule has 0 N–H and O–H groups in total. The molecule has 0 bridgehead atoms. The molecule has 24 heavy (non-hydrogen) atoms. The Balaban J connectivity index is 1.38. The van der Waals surface area contributed by atoms with Gasteiger partial charge in [0.2, 0.25) is 5.91 Å². The average Bonchev–Trinajstić information content (AvgIpc) is 3.35. The Bertz CT molecular complexity index is 611. The first-order valence-corrected chi connectivity index (χ1v) is 9.34. The van der Waals surface area contributed by atoms with Crippen molar-refractivity contribution in [2.75, 3.05) is 46.4 Å². The number of likely N-dealkylation sites (N-methyl/N-ethyl adjacent to an activating group) is 1. The molecule has 1 saturated carbocycles. The van der Waals surface area contributed by atoms with Crippen molar-refractivity contribution >= 4 is 5.91 Å². The molecule has 4 heteroatoms. The molecule has 1 aromatic carbocycles. The summed E-state index contributed by atoms with van der Waals surface area (Å²) >= 11 is 0. The minimum atomic E-state index is 0.152. The number of hydrogen-bond acceptors (Lipinski definition) is 3. The Morgan fingerprint density at radius 2 is 2.12 bits per heavy atom. The number of hydrogen-bond donors (Lipinski definition) is 0. The normalized spacial score (nSPS) is 29.3. The molecule has 3 aliphatic rings. The van der Waals surface area contributed by atoms with Gasteiger partial charge in [0.05, 0.1) is 13.2 Å². The smallest absolute Gasteiger partial charge is 0.226 e. The number of ether oxygens (including phenoxy) is 1. The zero-order valence-electron chi connectivity index (χ0n) is 14.7. The Kier molecular flexibility index (Phi) is 4.35. The first-order chi connectivity index (χ1) is 11.7. The van der Waals surface area contributed by atoms with E-state index in [0.717, 1.165) is 45.8 Å². The lowest BCUT2D eigenvalue weighted by atomic mass is 9.78. The third-order valence-corrected chi connectivity index (χ3v) is 6.23. The number of morpholine rings is 1. The zero-order chi connectivity index (χ0) is 16.6. The van der Waals surface area contributed by atoms with Gasteiger partial charge >= 0.3 is 0 Å². The monoisotopic (exact) mass is 328 g/mol. The van der Waals surface area contributed by atoms with E-state index in [1.807, 2.05) is 11.9 Å². The maximum Gasteiger partial charge on any atom is 0.226 e. The topological polar surface area (TPSA) is 32.8 Å². The highest BCUT2D eigenvalue weighted by Gasteiger charge is 2.60. The molecule has 130 valence electrons. The van der Waals surface area contributed by atoms with Crippen LogP contribution >= 0.6 is 0 Å². The lowest BCUT2D eigenvalue weighted by molar-refractivity contribution is -0.132. The molecule has 0 aromatic heterocycles. The number of rotatable bonds is 4. The molecular weight excluding hydrogens is 300 g/mol. The zero-order valence-corrected chi connectivity index (χ0v) is 14.7. The molecule has 2 aliphatic carbocycles. The van der Waals surface area contributed by atoms with E-state index in [1.165, 1.54) is 30.4 Å². The van der Waals surface area contributed by atoms with E-state index in [-0.39, 0.29) is 11.3 Å². The fourth-order valence-electron chi connectivity index (χ4n) is 4.65. The van der Waals surface area contributed by atoms with Gasteiger partial charge in [-0.3, -0.25) is 9.69 Å². The molecule has 1 amide bonds. The predicted octanol–water partition coefficient (Wildman–Crippen LogP) is 2.07. The fraction of sp³-hybridized carbons (Fsp3) is 0.650. The lowest BCUT2D eigenvalue weighted by Gasteiger charge is -2.30. The van der Waals surface area contributed by atoms with Crippen molar-refractivity contribution in [1.29, 1.82) is 0 Å². The highest BCUT2D eigenvalue weighted by Crippen LogP contribution is 2.60. The van der Waals surface area contributed by atoms with Gasteiger partial charge in [0, 0.05) is 44.6 Å². The van der Waals surface area contributed by atoms with E-state index in [2.05, 4.69) is 29.2 Å². The SMILES string of the molecule is CN(CCN1CCOCC1)C(=O)[C@H]1C[C@@]12CCCc1ccccc12. The first kappa shape index (κ1) is 16.1. The fourth-order valence-corrected chi connectivity index (χ4v) is 4.65. The van der Waals surface area contributed by atoms with Crippen LogP contribution in [0.3, 0.4) is 0 Å². The number of aryl methyl sites for hydroxylation is 1. The molecule has 2 fully saturated rings. The molecule has 1 aromatic rings. The van der Waals surface area contributed by atoms with E-state index < -0.39 is 0 Å². The number of benzene rings is 1. The molecule has 1 spiro atoms. The Hall–Kier alpha value is -1.39. The van der Waals surface area contributed by atoms with Crippen molar-refractivity contribution in [2.45, 2.75) is 31.1 Å². The minimum Gasteiger partial charge on any atom is -0.379 e. The average molecular weight is 328 g/mol. The van der Waals surface area contributed by atoms with Crippen molar-refractivity contribution < 1.29 is 9.53 Å². The van der Waals surface area contributed by atoms with Gasteiger partial charge < -0.3 is 9.64 Å². The number of carbonyl (C=O) groups is 1. The van der Waals surface area contributed by atoms with Crippen LogP contribution in [0.5, 0.6) is 0 Å². The van der Waals surface area contributed by atoms with Gasteiger partial charge in [-0.25, -0.2) is 0 Å². The predicted molar refractivity (Wildman–Crippen MR) is 94.1 cm³/mol. The van der Waals surface area contributed by atoms with Gasteiger partial charge in [-0.2, -0.15) is 0 Å². The van der Waals surface area contributed by atoms with E-state index in [0.29, 0.717) is 5.91 Å². The minimum absolute atomic E-state index is 0.152. The maximum atomic E-state index is 12.9. The van der Waals surface area contributed by atoms with Crippen LogP contribution in [0.1, 0.15) is 30.4 Å². The summed E-state index contributed by atoms with van der Waals surface area (Å²) < 4.78 is 5.39. The number of nitrogens with zero attached hydrogens (tertiary/aromatic N) is 2. The van der Waals surface area contributed by atoms with Crippen molar-refractivity contribution in [3.05, 3.63) is 35.4 Å². The Morgan fingerprint density at radius 3 is 2.96 bits per heavy atom. The first-order valence-electron chi connectivity index (χ1n) is 9.34. The Morgan fingerprint density at radius 1 is 1.33 bits per heavy atom. The molecule has 0 unspecified atom stereocenters. The second kappa shape index (κ2) is 6.49. The standard InChI is InChI=1S/C20H28N2O2/c1-21(9-10-22-11-13-24-14-12-22)19(23)18-15-20(18)8-4-6-16-5-2-3-7-17(16)20/h2-3,5,7,18H,4,6,8-15H2,1H3/t18-,20-/m1/s1. The molecular formula is C20H28N2O2. The summed E-state index contributed by atoms with van der Waals surface area (Å²) in [4.78, 5) is 17.3. The number of fused-ring (bicyclic) bond motifs is 2. The van der Waals surface area contributed by atoms with Gasteiger partial charge in [0.1, 0.15) is 0 Å². The van der Waals surface area contributed by atoms with Gasteiger partial charge in [-0.1, -0.05) is 24.3 Å².